The second kappa shape index (κ2) is 9.31. The van der Waals surface area contributed by atoms with Crippen molar-refractivity contribution >= 4 is 12.6 Å². The van der Waals surface area contributed by atoms with E-state index in [9.17, 15) is 0 Å². The number of hydrogen-bond donors (Lipinski definition) is 0. The van der Waals surface area contributed by atoms with Crippen molar-refractivity contribution in [1.82, 2.24) is 9.97 Å². The van der Waals surface area contributed by atoms with Gasteiger partial charge in [0.15, 0.2) is 5.82 Å². The summed E-state index contributed by atoms with van der Waals surface area (Å²) < 4.78 is 12.6. The van der Waals surface area contributed by atoms with E-state index < -0.39 is 18.3 Å². The van der Waals surface area contributed by atoms with Gasteiger partial charge >= 0.3 is 7.12 Å². The van der Waals surface area contributed by atoms with Gasteiger partial charge in [0.1, 0.15) is 0 Å². The smallest absolute Gasteiger partial charge is 0.399 e. The molecule has 0 aliphatic carbocycles. The van der Waals surface area contributed by atoms with Crippen LogP contribution in [0.2, 0.25) is 0 Å². The van der Waals surface area contributed by atoms with E-state index in [2.05, 4.69) is 90.1 Å². The molecule has 1 fully saturated rings. The molecule has 0 saturated carbocycles. The van der Waals surface area contributed by atoms with Gasteiger partial charge in [-0.15, -0.1) is 0 Å². The fourth-order valence-electron chi connectivity index (χ4n) is 4.34. The lowest BCUT2D eigenvalue weighted by molar-refractivity contribution is 0.00578. The van der Waals surface area contributed by atoms with Gasteiger partial charge in [-0.3, -0.25) is 0 Å². The van der Waals surface area contributed by atoms with Gasteiger partial charge in [0, 0.05) is 16.7 Å². The molecule has 0 amide bonds. The maximum atomic E-state index is 6.30. The van der Waals surface area contributed by atoms with Crippen LogP contribution in [0.4, 0.5) is 0 Å². The van der Waals surface area contributed by atoms with Crippen molar-refractivity contribution in [2.75, 3.05) is 0 Å². The number of rotatable bonds is 5. The van der Waals surface area contributed by atoms with Crippen LogP contribution in [0.5, 0.6) is 0 Å². The Morgan fingerprint density at radius 1 is 0.639 bits per heavy atom. The summed E-state index contributed by atoms with van der Waals surface area (Å²) in [6, 6.07) is 29.2. The fraction of sp³-hybridized carbons (Fsp3) is 0.290. The Hall–Kier alpha value is -3.28. The van der Waals surface area contributed by atoms with Gasteiger partial charge in [0.25, 0.3) is 0 Å². The van der Waals surface area contributed by atoms with Crippen molar-refractivity contribution in [3.8, 4) is 33.9 Å². The molecule has 0 radical (unpaired) electrons. The topological polar surface area (TPSA) is 44.2 Å². The van der Waals surface area contributed by atoms with Crippen LogP contribution >= 0.6 is 0 Å². The highest BCUT2D eigenvalue weighted by atomic mass is 16.7. The minimum absolute atomic E-state index is 0.397. The summed E-state index contributed by atoms with van der Waals surface area (Å²) >= 11 is 0. The van der Waals surface area contributed by atoms with Crippen LogP contribution in [-0.2, 0) is 9.31 Å². The predicted molar refractivity (Wildman–Crippen MR) is 148 cm³/mol. The van der Waals surface area contributed by atoms with E-state index >= 15 is 0 Å². The summed E-state index contributed by atoms with van der Waals surface area (Å²) in [5.74, 6) is 1.12. The maximum absolute atomic E-state index is 6.30. The number of nitrogens with zero attached hydrogens (tertiary/aromatic N) is 2. The maximum Gasteiger partial charge on any atom is 0.494 e. The molecule has 0 bridgehead atoms. The summed E-state index contributed by atoms with van der Waals surface area (Å²) in [6.07, 6.45) is 0. The molecule has 1 saturated heterocycles. The highest BCUT2D eigenvalue weighted by Crippen LogP contribution is 2.37. The second-order valence-corrected chi connectivity index (χ2v) is 10.8. The van der Waals surface area contributed by atoms with E-state index in [1.54, 1.807) is 0 Å². The van der Waals surface area contributed by atoms with Gasteiger partial charge in [-0.25, -0.2) is 9.97 Å². The van der Waals surface area contributed by atoms with E-state index in [0.29, 0.717) is 11.7 Å². The SMILES string of the molecule is CC(C)c1cccc(-c2cc(-c3ccccc3)nc(-c3cccc(B4OC(C)(C)C(C)(C)O4)c3)n2)c1. The first-order valence-electron chi connectivity index (χ1n) is 12.6. The molecule has 5 heteroatoms. The lowest BCUT2D eigenvalue weighted by Crippen LogP contribution is -2.41. The van der Waals surface area contributed by atoms with Crippen molar-refractivity contribution in [2.24, 2.45) is 0 Å². The monoisotopic (exact) mass is 476 g/mol. The van der Waals surface area contributed by atoms with Gasteiger partial charge in [0.05, 0.1) is 22.6 Å². The standard InChI is InChI=1S/C31H33BN2O2/c1-21(2)23-14-10-15-24(18-23)28-20-27(22-12-8-7-9-13-22)33-29(34-28)25-16-11-17-26(19-25)32-35-30(3,4)31(5,6)36-32/h7-21H,1-6H3. The Morgan fingerprint density at radius 3 is 1.89 bits per heavy atom. The van der Waals surface area contributed by atoms with Crippen LogP contribution in [-0.4, -0.2) is 28.3 Å². The first kappa shape index (κ1) is 24.4. The van der Waals surface area contributed by atoms with E-state index in [4.69, 9.17) is 19.3 Å². The number of hydrogen-bond acceptors (Lipinski definition) is 4. The summed E-state index contributed by atoms with van der Waals surface area (Å²) in [4.78, 5) is 10.0. The zero-order valence-corrected chi connectivity index (χ0v) is 21.9. The zero-order chi connectivity index (χ0) is 25.5. The van der Waals surface area contributed by atoms with E-state index in [0.717, 1.165) is 33.5 Å². The van der Waals surface area contributed by atoms with Crippen molar-refractivity contribution in [2.45, 2.75) is 58.7 Å². The molecule has 5 rings (SSSR count). The summed E-state index contributed by atoms with van der Waals surface area (Å²) in [5, 5.41) is 0. The first-order valence-corrected chi connectivity index (χ1v) is 12.6. The Bertz CT molecular complexity index is 1370. The number of aromatic nitrogens is 2. The minimum atomic E-state index is -0.436. The van der Waals surface area contributed by atoms with Crippen LogP contribution in [0, 0.1) is 0 Å². The largest absolute Gasteiger partial charge is 0.494 e. The second-order valence-electron chi connectivity index (χ2n) is 10.8. The molecule has 1 aliphatic rings. The molecule has 1 aromatic heterocycles. The molecule has 36 heavy (non-hydrogen) atoms. The highest BCUT2D eigenvalue weighted by molar-refractivity contribution is 6.62. The van der Waals surface area contributed by atoms with Gasteiger partial charge in [0.2, 0.25) is 0 Å². The highest BCUT2D eigenvalue weighted by Gasteiger charge is 2.51. The summed E-state index contributed by atoms with van der Waals surface area (Å²) in [7, 11) is -0.436. The van der Waals surface area contributed by atoms with Crippen LogP contribution in [0.1, 0.15) is 53.0 Å². The van der Waals surface area contributed by atoms with E-state index in [1.807, 2.05) is 36.4 Å². The average Bonchev–Trinajstić information content (AvgIpc) is 3.11. The quantitative estimate of drug-likeness (QED) is 0.294. The summed E-state index contributed by atoms with van der Waals surface area (Å²) in [6.45, 7) is 12.7. The predicted octanol–water partition coefficient (Wildman–Crippen LogP) is 6.90. The molecule has 0 spiro atoms. The lowest BCUT2D eigenvalue weighted by Gasteiger charge is -2.32. The van der Waals surface area contributed by atoms with Crippen molar-refractivity contribution in [3.63, 3.8) is 0 Å². The molecule has 0 unspecified atom stereocenters. The molecule has 4 nitrogen and oxygen atoms in total. The third-order valence-electron chi connectivity index (χ3n) is 7.31. The first-order chi connectivity index (χ1) is 17.1. The molecule has 0 atom stereocenters. The van der Waals surface area contributed by atoms with Gasteiger partial charge < -0.3 is 9.31 Å². The molecule has 4 aromatic rings. The molecular weight excluding hydrogens is 443 g/mol. The Morgan fingerprint density at radius 2 is 1.22 bits per heavy atom. The van der Waals surface area contributed by atoms with Crippen molar-refractivity contribution < 1.29 is 9.31 Å². The van der Waals surface area contributed by atoms with Crippen LogP contribution in [0.25, 0.3) is 33.9 Å². The fourth-order valence-corrected chi connectivity index (χ4v) is 4.34. The molecule has 2 heterocycles. The molecular formula is C31H33BN2O2. The average molecular weight is 476 g/mol. The van der Waals surface area contributed by atoms with Gasteiger partial charge in [-0.2, -0.15) is 0 Å². The molecule has 1 aliphatic heterocycles. The Labute approximate surface area is 214 Å². The zero-order valence-electron chi connectivity index (χ0n) is 21.9. The van der Waals surface area contributed by atoms with Crippen LogP contribution in [0.15, 0.2) is 84.9 Å². The molecule has 182 valence electrons. The Kier molecular flexibility index (Phi) is 6.31. The van der Waals surface area contributed by atoms with Gasteiger partial charge in [-0.05, 0) is 56.8 Å². The normalized spacial score (nSPS) is 16.5. The van der Waals surface area contributed by atoms with Crippen molar-refractivity contribution in [3.05, 3.63) is 90.5 Å². The van der Waals surface area contributed by atoms with Gasteiger partial charge in [-0.1, -0.05) is 86.6 Å². The molecule has 3 aromatic carbocycles. The summed E-state index contributed by atoms with van der Waals surface area (Å²) in [5.41, 5.74) is 6.33. The number of benzene rings is 3. The lowest BCUT2D eigenvalue weighted by atomic mass is 9.78. The van der Waals surface area contributed by atoms with E-state index in [1.165, 1.54) is 5.56 Å². The van der Waals surface area contributed by atoms with Crippen LogP contribution < -0.4 is 5.46 Å². The van der Waals surface area contributed by atoms with Crippen molar-refractivity contribution in [1.29, 1.82) is 0 Å². The molecule has 0 N–H and O–H groups in total. The Balaban J connectivity index is 1.60. The van der Waals surface area contributed by atoms with E-state index in [-0.39, 0.29) is 0 Å². The third-order valence-corrected chi connectivity index (χ3v) is 7.31. The third kappa shape index (κ3) is 4.73. The van der Waals surface area contributed by atoms with Crippen LogP contribution in [0.3, 0.4) is 0 Å². The minimum Gasteiger partial charge on any atom is -0.399 e.